The summed E-state index contributed by atoms with van der Waals surface area (Å²) in [5, 5.41) is 4.64. The summed E-state index contributed by atoms with van der Waals surface area (Å²) in [5.41, 5.74) is 0.113. The summed E-state index contributed by atoms with van der Waals surface area (Å²) in [6.45, 7) is 0.163. The highest BCUT2D eigenvalue weighted by Crippen LogP contribution is 2.31. The maximum atomic E-state index is 12.8. The van der Waals surface area contributed by atoms with E-state index in [2.05, 4.69) is 10.3 Å². The van der Waals surface area contributed by atoms with Crippen LogP contribution in [0.15, 0.2) is 35.7 Å². The molecule has 0 aliphatic rings. The molecule has 0 fully saturated rings. The lowest BCUT2D eigenvalue weighted by Crippen LogP contribution is -2.25. The number of carbonyl (C=O) groups is 1. The molecule has 4 nitrogen and oxygen atoms in total. The number of halogens is 3. The summed E-state index contributed by atoms with van der Waals surface area (Å²) in [6, 6.07) is 7.19. The second-order valence-electron chi connectivity index (χ2n) is 5.32. The van der Waals surface area contributed by atoms with Crippen LogP contribution in [0.3, 0.4) is 0 Å². The monoisotopic (exact) mass is 353 g/mol. The van der Waals surface area contributed by atoms with E-state index in [0.29, 0.717) is 11.3 Å². The Hall–Kier alpha value is -2.35. The summed E-state index contributed by atoms with van der Waals surface area (Å²) in [7, 11) is 1.71. The van der Waals surface area contributed by atoms with Gasteiger partial charge in [0.05, 0.1) is 29.6 Å². The first-order valence-corrected chi connectivity index (χ1v) is 8.04. The van der Waals surface area contributed by atoms with E-state index in [1.54, 1.807) is 11.6 Å². The number of imidazole rings is 1. The lowest BCUT2D eigenvalue weighted by Gasteiger charge is -2.06. The number of nitrogens with one attached hydrogen (secondary N) is 1. The maximum Gasteiger partial charge on any atom is 0.416 e. The highest BCUT2D eigenvalue weighted by Gasteiger charge is 2.31. The molecule has 1 amide bonds. The normalized spacial score (nSPS) is 11.8. The minimum atomic E-state index is -4.40. The van der Waals surface area contributed by atoms with Gasteiger partial charge in [-0.05, 0) is 29.6 Å². The first-order chi connectivity index (χ1) is 11.3. The van der Waals surface area contributed by atoms with Gasteiger partial charge in [-0.2, -0.15) is 13.2 Å². The number of alkyl halides is 3. The third-order valence-electron chi connectivity index (χ3n) is 3.66. The van der Waals surface area contributed by atoms with E-state index in [1.165, 1.54) is 17.4 Å². The molecule has 1 aromatic carbocycles. The molecular formula is C16H14F3N3OS. The minimum Gasteiger partial charge on any atom is -0.349 e. The van der Waals surface area contributed by atoms with E-state index in [1.807, 2.05) is 17.5 Å². The molecule has 0 bridgehead atoms. The highest BCUT2D eigenvalue weighted by atomic mass is 32.1. The Bertz CT molecular complexity index is 869. The van der Waals surface area contributed by atoms with Crippen LogP contribution < -0.4 is 5.32 Å². The van der Waals surface area contributed by atoms with E-state index in [-0.39, 0.29) is 24.4 Å². The van der Waals surface area contributed by atoms with Crippen LogP contribution >= 0.6 is 11.3 Å². The zero-order chi connectivity index (χ0) is 17.3. The SMILES string of the molecule is Cn1c(CNC(=O)Cc2cccs2)nc2cc(C(F)(F)F)ccc21. The summed E-state index contributed by atoms with van der Waals surface area (Å²) in [5.74, 6) is 0.351. The van der Waals surface area contributed by atoms with Crippen molar-refractivity contribution >= 4 is 28.3 Å². The molecule has 1 N–H and O–H groups in total. The fourth-order valence-corrected chi connectivity index (χ4v) is 3.10. The highest BCUT2D eigenvalue weighted by molar-refractivity contribution is 7.10. The Morgan fingerprint density at radius 3 is 2.79 bits per heavy atom. The van der Waals surface area contributed by atoms with Gasteiger partial charge in [0.2, 0.25) is 5.91 Å². The Labute approximate surface area is 139 Å². The molecule has 126 valence electrons. The fourth-order valence-electron chi connectivity index (χ4n) is 2.40. The smallest absolute Gasteiger partial charge is 0.349 e. The van der Waals surface area contributed by atoms with Gasteiger partial charge in [-0.15, -0.1) is 11.3 Å². The summed E-state index contributed by atoms with van der Waals surface area (Å²) in [6.07, 6.45) is -4.12. The maximum absolute atomic E-state index is 12.8. The van der Waals surface area contributed by atoms with E-state index < -0.39 is 11.7 Å². The second kappa shape index (κ2) is 6.27. The van der Waals surface area contributed by atoms with Crippen LogP contribution in [0.2, 0.25) is 0 Å². The average molecular weight is 353 g/mol. The van der Waals surface area contributed by atoms with E-state index in [4.69, 9.17) is 0 Å². The molecule has 0 saturated heterocycles. The molecule has 0 spiro atoms. The zero-order valence-corrected chi connectivity index (χ0v) is 13.5. The Kier molecular flexibility index (Phi) is 4.31. The van der Waals surface area contributed by atoms with Gasteiger partial charge in [0.25, 0.3) is 0 Å². The van der Waals surface area contributed by atoms with Crippen molar-refractivity contribution in [2.45, 2.75) is 19.1 Å². The van der Waals surface area contributed by atoms with Crippen LogP contribution in [0.25, 0.3) is 11.0 Å². The molecule has 3 aromatic rings. The molecule has 0 aliphatic carbocycles. The largest absolute Gasteiger partial charge is 0.416 e. The first kappa shape index (κ1) is 16.5. The Morgan fingerprint density at radius 2 is 2.12 bits per heavy atom. The number of thiophene rings is 1. The summed E-state index contributed by atoms with van der Waals surface area (Å²) >= 11 is 1.50. The Morgan fingerprint density at radius 1 is 1.33 bits per heavy atom. The van der Waals surface area contributed by atoms with Crippen LogP contribution in [-0.2, 0) is 31.0 Å². The van der Waals surface area contributed by atoms with Crippen LogP contribution in [0.1, 0.15) is 16.3 Å². The van der Waals surface area contributed by atoms with Crippen molar-refractivity contribution in [3.63, 3.8) is 0 Å². The lowest BCUT2D eigenvalue weighted by molar-refractivity contribution is -0.137. The molecule has 0 radical (unpaired) electrons. The molecule has 8 heteroatoms. The molecule has 0 atom stereocenters. The lowest BCUT2D eigenvalue weighted by atomic mass is 10.2. The number of nitrogens with zero attached hydrogens (tertiary/aromatic N) is 2. The fraction of sp³-hybridized carbons (Fsp3) is 0.250. The van der Waals surface area contributed by atoms with Crippen molar-refractivity contribution in [3.05, 3.63) is 52.0 Å². The summed E-state index contributed by atoms with van der Waals surface area (Å²) in [4.78, 5) is 17.1. The molecule has 0 aliphatic heterocycles. The van der Waals surface area contributed by atoms with Crippen LogP contribution in [-0.4, -0.2) is 15.5 Å². The summed E-state index contributed by atoms with van der Waals surface area (Å²) < 4.78 is 40.0. The van der Waals surface area contributed by atoms with Gasteiger partial charge in [0.15, 0.2) is 0 Å². The predicted molar refractivity (Wildman–Crippen MR) is 85.6 cm³/mol. The van der Waals surface area contributed by atoms with Crippen molar-refractivity contribution in [1.82, 2.24) is 14.9 Å². The first-order valence-electron chi connectivity index (χ1n) is 7.16. The molecule has 0 saturated carbocycles. The van der Waals surface area contributed by atoms with Crippen LogP contribution in [0, 0.1) is 0 Å². The molecular weight excluding hydrogens is 339 g/mol. The molecule has 24 heavy (non-hydrogen) atoms. The van der Waals surface area contributed by atoms with Gasteiger partial charge in [-0.25, -0.2) is 4.98 Å². The molecule has 2 heterocycles. The number of hydrogen-bond donors (Lipinski definition) is 1. The number of aromatic nitrogens is 2. The number of carbonyl (C=O) groups excluding carboxylic acids is 1. The van der Waals surface area contributed by atoms with Gasteiger partial charge in [-0.3, -0.25) is 4.79 Å². The number of hydrogen-bond acceptors (Lipinski definition) is 3. The second-order valence-corrected chi connectivity index (χ2v) is 6.35. The average Bonchev–Trinajstić information content (AvgIpc) is 3.12. The van der Waals surface area contributed by atoms with Crippen LogP contribution in [0.4, 0.5) is 13.2 Å². The van der Waals surface area contributed by atoms with E-state index >= 15 is 0 Å². The van der Waals surface area contributed by atoms with Crippen molar-refractivity contribution in [3.8, 4) is 0 Å². The minimum absolute atomic E-state index is 0.152. The van der Waals surface area contributed by atoms with Crippen molar-refractivity contribution < 1.29 is 18.0 Å². The van der Waals surface area contributed by atoms with Gasteiger partial charge >= 0.3 is 6.18 Å². The zero-order valence-electron chi connectivity index (χ0n) is 12.7. The van der Waals surface area contributed by atoms with Crippen LogP contribution in [0.5, 0.6) is 0 Å². The van der Waals surface area contributed by atoms with Gasteiger partial charge in [0.1, 0.15) is 5.82 Å². The topological polar surface area (TPSA) is 46.9 Å². The number of fused-ring (bicyclic) bond motifs is 1. The van der Waals surface area contributed by atoms with E-state index in [0.717, 1.165) is 17.0 Å². The van der Waals surface area contributed by atoms with Gasteiger partial charge in [-0.1, -0.05) is 6.07 Å². The van der Waals surface area contributed by atoms with E-state index in [9.17, 15) is 18.0 Å². The van der Waals surface area contributed by atoms with Crippen molar-refractivity contribution in [2.75, 3.05) is 0 Å². The molecule has 3 rings (SSSR count). The third kappa shape index (κ3) is 3.43. The van der Waals surface area contributed by atoms with Crippen molar-refractivity contribution in [1.29, 1.82) is 0 Å². The number of amides is 1. The van der Waals surface area contributed by atoms with Gasteiger partial charge < -0.3 is 9.88 Å². The third-order valence-corrected chi connectivity index (χ3v) is 4.54. The number of aryl methyl sites for hydroxylation is 1. The predicted octanol–water partition coefficient (Wildman–Crippen LogP) is 3.51. The number of rotatable bonds is 4. The van der Waals surface area contributed by atoms with Gasteiger partial charge in [0, 0.05) is 11.9 Å². The number of benzene rings is 1. The molecule has 0 unspecified atom stereocenters. The Balaban J connectivity index is 1.75. The quantitative estimate of drug-likeness (QED) is 0.780. The van der Waals surface area contributed by atoms with Crippen molar-refractivity contribution in [2.24, 2.45) is 7.05 Å². The standard InChI is InChI=1S/C16H14F3N3OS/c1-22-13-5-4-10(16(17,18)19)7-12(13)21-14(22)9-20-15(23)8-11-3-2-6-24-11/h2-7H,8-9H2,1H3,(H,20,23). The molecule has 2 aromatic heterocycles.